The molecule has 0 unspecified atom stereocenters. The van der Waals surface area contributed by atoms with Gasteiger partial charge in [-0.3, -0.25) is 20.2 Å². The molecule has 0 radical (unpaired) electrons. The molecule has 2 aromatic carbocycles. The first kappa shape index (κ1) is 13.3. The Morgan fingerprint density at radius 2 is 1.10 bits per heavy atom. The van der Waals surface area contributed by atoms with Gasteiger partial charge in [-0.2, -0.15) is 0 Å². The average molecular weight is 276 g/mol. The van der Waals surface area contributed by atoms with Crippen molar-refractivity contribution >= 4 is 11.4 Å². The standard InChI is InChI=1S/C12H8N2O6/c15-11-3-1-7(5-9(11)13(17)18)8-2-4-12(16)10(6-8)14(19)20/h1-6,15-16H. The SMILES string of the molecule is O=[N+]([O-])c1cc(-c2ccc(O)c([N+](=O)[O-])c2)ccc1O. The molecule has 8 nitrogen and oxygen atoms in total. The van der Waals surface area contributed by atoms with Gasteiger partial charge in [-0.1, -0.05) is 12.1 Å². The zero-order chi connectivity index (χ0) is 14.9. The van der Waals surface area contributed by atoms with Crippen LogP contribution in [0.4, 0.5) is 11.4 Å². The van der Waals surface area contributed by atoms with Crippen LogP contribution in [0.5, 0.6) is 11.5 Å². The third-order valence-corrected chi connectivity index (χ3v) is 2.68. The summed E-state index contributed by atoms with van der Waals surface area (Å²) in [6.45, 7) is 0. The molecule has 0 spiro atoms. The first-order valence-electron chi connectivity index (χ1n) is 5.35. The second kappa shape index (κ2) is 4.84. The van der Waals surface area contributed by atoms with Crippen LogP contribution >= 0.6 is 0 Å². The van der Waals surface area contributed by atoms with E-state index in [0.717, 1.165) is 24.3 Å². The Labute approximate surface area is 111 Å². The van der Waals surface area contributed by atoms with E-state index in [0.29, 0.717) is 11.1 Å². The second-order valence-electron chi connectivity index (χ2n) is 3.92. The van der Waals surface area contributed by atoms with E-state index in [-0.39, 0.29) is 0 Å². The predicted octanol–water partition coefficient (Wildman–Crippen LogP) is 2.58. The van der Waals surface area contributed by atoms with E-state index in [9.17, 15) is 30.4 Å². The zero-order valence-electron chi connectivity index (χ0n) is 9.89. The lowest BCUT2D eigenvalue weighted by Crippen LogP contribution is -1.91. The summed E-state index contributed by atoms with van der Waals surface area (Å²) >= 11 is 0. The maximum Gasteiger partial charge on any atom is 0.311 e. The van der Waals surface area contributed by atoms with E-state index in [2.05, 4.69) is 0 Å². The molecule has 0 saturated heterocycles. The molecule has 0 atom stereocenters. The summed E-state index contributed by atoms with van der Waals surface area (Å²) < 4.78 is 0. The van der Waals surface area contributed by atoms with Crippen LogP contribution in [-0.2, 0) is 0 Å². The molecule has 20 heavy (non-hydrogen) atoms. The van der Waals surface area contributed by atoms with Gasteiger partial charge in [-0.15, -0.1) is 0 Å². The Balaban J connectivity index is 2.57. The van der Waals surface area contributed by atoms with E-state index in [1.165, 1.54) is 12.1 Å². The van der Waals surface area contributed by atoms with Crippen LogP contribution < -0.4 is 0 Å². The smallest absolute Gasteiger partial charge is 0.311 e. The molecule has 0 saturated carbocycles. The molecule has 8 heteroatoms. The van der Waals surface area contributed by atoms with Gasteiger partial charge in [0.2, 0.25) is 0 Å². The molecule has 0 aliphatic heterocycles. The summed E-state index contributed by atoms with van der Waals surface area (Å²) in [5, 5.41) is 40.2. The van der Waals surface area contributed by atoms with Gasteiger partial charge in [0.25, 0.3) is 0 Å². The van der Waals surface area contributed by atoms with E-state index < -0.39 is 32.7 Å². The quantitative estimate of drug-likeness (QED) is 0.655. The van der Waals surface area contributed by atoms with Gasteiger partial charge in [0.1, 0.15) is 0 Å². The van der Waals surface area contributed by atoms with Crippen molar-refractivity contribution < 1.29 is 20.1 Å². The summed E-state index contributed by atoms with van der Waals surface area (Å²) in [5.74, 6) is -0.987. The number of hydrogen-bond acceptors (Lipinski definition) is 6. The molecular weight excluding hydrogens is 268 g/mol. The van der Waals surface area contributed by atoms with Gasteiger partial charge in [-0.25, -0.2) is 0 Å². The van der Waals surface area contributed by atoms with Crippen LogP contribution in [0, 0.1) is 20.2 Å². The fourth-order valence-corrected chi connectivity index (χ4v) is 1.70. The number of hydrogen-bond donors (Lipinski definition) is 2. The highest BCUT2D eigenvalue weighted by Gasteiger charge is 2.17. The first-order chi connectivity index (χ1) is 9.40. The van der Waals surface area contributed by atoms with Gasteiger partial charge in [0.15, 0.2) is 11.5 Å². The van der Waals surface area contributed by atoms with Crippen molar-refractivity contribution in [2.24, 2.45) is 0 Å². The molecule has 0 aromatic heterocycles. The molecule has 0 aliphatic carbocycles. The molecule has 2 aromatic rings. The van der Waals surface area contributed by atoms with E-state index in [4.69, 9.17) is 0 Å². The lowest BCUT2D eigenvalue weighted by molar-refractivity contribution is -0.386. The average Bonchev–Trinajstić information content (AvgIpc) is 2.39. The number of aromatic hydroxyl groups is 2. The Hall–Kier alpha value is -3.16. The summed E-state index contributed by atoms with van der Waals surface area (Å²) in [6, 6.07) is 7.24. The van der Waals surface area contributed by atoms with Crippen LogP contribution in [0.25, 0.3) is 11.1 Å². The van der Waals surface area contributed by atoms with Gasteiger partial charge in [-0.05, 0) is 23.3 Å². The molecule has 102 valence electrons. The van der Waals surface area contributed by atoms with Crippen molar-refractivity contribution in [1.29, 1.82) is 0 Å². The Kier molecular flexibility index (Phi) is 3.21. The molecule has 0 fully saturated rings. The van der Waals surface area contributed by atoms with Gasteiger partial charge >= 0.3 is 11.4 Å². The molecule has 0 amide bonds. The summed E-state index contributed by atoms with van der Waals surface area (Å²) in [4.78, 5) is 20.0. The monoisotopic (exact) mass is 276 g/mol. The van der Waals surface area contributed by atoms with Crippen LogP contribution in [0.15, 0.2) is 36.4 Å². The highest BCUT2D eigenvalue weighted by atomic mass is 16.6. The van der Waals surface area contributed by atoms with Crippen molar-refractivity contribution in [3.63, 3.8) is 0 Å². The van der Waals surface area contributed by atoms with Gasteiger partial charge < -0.3 is 10.2 Å². The number of benzene rings is 2. The molecule has 2 rings (SSSR count). The predicted molar refractivity (Wildman–Crippen MR) is 68.5 cm³/mol. The minimum atomic E-state index is -0.756. The number of phenols is 2. The normalized spacial score (nSPS) is 10.2. The maximum atomic E-state index is 10.7. The van der Waals surface area contributed by atoms with Gasteiger partial charge in [0, 0.05) is 12.1 Å². The van der Waals surface area contributed by atoms with E-state index in [1.807, 2.05) is 0 Å². The minimum Gasteiger partial charge on any atom is -0.502 e. The highest BCUT2D eigenvalue weighted by molar-refractivity contribution is 5.72. The van der Waals surface area contributed by atoms with Crippen LogP contribution in [-0.4, -0.2) is 20.1 Å². The summed E-state index contributed by atoms with van der Waals surface area (Å²) in [7, 11) is 0. The number of nitro groups is 2. The third-order valence-electron chi connectivity index (χ3n) is 2.68. The second-order valence-corrected chi connectivity index (χ2v) is 3.92. The number of nitro benzene ring substituents is 2. The molecule has 2 N–H and O–H groups in total. The van der Waals surface area contributed by atoms with Crippen LogP contribution in [0.1, 0.15) is 0 Å². The van der Waals surface area contributed by atoms with Crippen molar-refractivity contribution in [3.05, 3.63) is 56.6 Å². The first-order valence-corrected chi connectivity index (χ1v) is 5.35. The zero-order valence-corrected chi connectivity index (χ0v) is 9.89. The Morgan fingerprint density at radius 3 is 1.40 bits per heavy atom. The van der Waals surface area contributed by atoms with Crippen molar-refractivity contribution in [2.45, 2.75) is 0 Å². The fourth-order valence-electron chi connectivity index (χ4n) is 1.70. The molecule has 0 bridgehead atoms. The Bertz CT molecular complexity index is 652. The number of phenolic OH excluding ortho intramolecular Hbond substituents is 2. The Morgan fingerprint density at radius 1 is 0.750 bits per heavy atom. The molecule has 0 heterocycles. The topological polar surface area (TPSA) is 127 Å². The highest BCUT2D eigenvalue weighted by Crippen LogP contribution is 2.35. The number of nitrogens with zero attached hydrogens (tertiary/aromatic N) is 2. The molecule has 0 aliphatic rings. The van der Waals surface area contributed by atoms with Crippen LogP contribution in [0.3, 0.4) is 0 Å². The fraction of sp³-hybridized carbons (Fsp3) is 0. The van der Waals surface area contributed by atoms with Gasteiger partial charge in [0.05, 0.1) is 9.85 Å². The minimum absolute atomic E-state index is 0.317. The van der Waals surface area contributed by atoms with Crippen molar-refractivity contribution in [1.82, 2.24) is 0 Å². The maximum absolute atomic E-state index is 10.7. The third kappa shape index (κ3) is 2.34. The van der Waals surface area contributed by atoms with E-state index in [1.54, 1.807) is 0 Å². The van der Waals surface area contributed by atoms with E-state index >= 15 is 0 Å². The van der Waals surface area contributed by atoms with Crippen molar-refractivity contribution in [3.8, 4) is 22.6 Å². The van der Waals surface area contributed by atoms with Crippen molar-refractivity contribution in [2.75, 3.05) is 0 Å². The molecular formula is C12H8N2O6. The lowest BCUT2D eigenvalue weighted by Gasteiger charge is -2.04. The van der Waals surface area contributed by atoms with Crippen LogP contribution in [0.2, 0.25) is 0 Å². The lowest BCUT2D eigenvalue weighted by atomic mass is 10.0. The summed E-state index contributed by atoms with van der Waals surface area (Å²) in [5.41, 5.74) is -0.369. The summed E-state index contributed by atoms with van der Waals surface area (Å²) in [6.07, 6.45) is 0. The number of rotatable bonds is 3. The largest absolute Gasteiger partial charge is 0.502 e.